The smallest absolute Gasteiger partial charge is 0.329 e. The number of hydrogen-bond acceptors (Lipinski definition) is 4. The number of allylic oxidation sites excluding steroid dienone is 3. The number of aryl methyl sites for hydroxylation is 2. The Morgan fingerprint density at radius 3 is 2.57 bits per heavy atom. The van der Waals surface area contributed by atoms with E-state index in [2.05, 4.69) is 0 Å². The van der Waals surface area contributed by atoms with E-state index in [1.54, 1.807) is 6.08 Å². The van der Waals surface area contributed by atoms with Gasteiger partial charge in [-0.25, -0.2) is 0 Å². The lowest BCUT2D eigenvalue weighted by Crippen LogP contribution is -2.34. The van der Waals surface area contributed by atoms with E-state index in [9.17, 15) is 14.4 Å². The first kappa shape index (κ1) is 14.9. The van der Waals surface area contributed by atoms with Gasteiger partial charge in [0.05, 0.1) is 0 Å². The Morgan fingerprint density at radius 2 is 1.90 bits per heavy atom. The van der Waals surface area contributed by atoms with E-state index in [0.29, 0.717) is 0 Å². The van der Waals surface area contributed by atoms with Crippen molar-refractivity contribution in [3.63, 3.8) is 0 Å². The minimum Gasteiger partial charge on any atom is -0.430 e. The molecule has 1 heterocycles. The normalized spacial score (nSPS) is 18.6. The maximum absolute atomic E-state index is 12.1. The molecule has 21 heavy (non-hydrogen) atoms. The van der Waals surface area contributed by atoms with Crippen LogP contribution in [0.4, 0.5) is 0 Å². The van der Waals surface area contributed by atoms with Crippen molar-refractivity contribution in [1.82, 2.24) is 0 Å². The Balaban J connectivity index is 2.22. The highest BCUT2D eigenvalue weighted by molar-refractivity contribution is 6.25. The number of carbonyl (C=O) groups excluding carboxylic acids is 3. The van der Waals surface area contributed by atoms with E-state index >= 15 is 0 Å². The Morgan fingerprint density at radius 1 is 1.19 bits per heavy atom. The van der Waals surface area contributed by atoms with Gasteiger partial charge in [-0.05, 0) is 38.0 Å². The number of cyclic esters (lactones) is 1. The fraction of sp³-hybridized carbons (Fsp3) is 0.235. The van der Waals surface area contributed by atoms with Gasteiger partial charge in [0.15, 0.2) is 17.5 Å². The molecule has 108 valence electrons. The van der Waals surface area contributed by atoms with Crippen LogP contribution in [0.15, 0.2) is 36.1 Å². The summed E-state index contributed by atoms with van der Waals surface area (Å²) >= 11 is 0. The van der Waals surface area contributed by atoms with Gasteiger partial charge in [0.2, 0.25) is 0 Å². The van der Waals surface area contributed by atoms with Gasteiger partial charge in [0.25, 0.3) is 0 Å². The van der Waals surface area contributed by atoms with Gasteiger partial charge in [-0.1, -0.05) is 29.8 Å². The molecule has 0 N–H and O–H groups in total. The molecular formula is C17H16O4. The number of benzene rings is 1. The first-order chi connectivity index (χ1) is 9.88. The van der Waals surface area contributed by atoms with E-state index in [0.717, 1.165) is 16.7 Å². The number of carbonyl (C=O) groups is 3. The van der Waals surface area contributed by atoms with Gasteiger partial charge in [-0.15, -0.1) is 0 Å². The second-order valence-corrected chi connectivity index (χ2v) is 5.11. The fourth-order valence-electron chi connectivity index (χ4n) is 2.11. The molecule has 0 amide bonds. The van der Waals surface area contributed by atoms with Crippen molar-refractivity contribution in [3.05, 3.63) is 52.8 Å². The third-order valence-corrected chi connectivity index (χ3v) is 3.27. The zero-order chi connectivity index (χ0) is 15.6. The van der Waals surface area contributed by atoms with E-state index in [1.807, 2.05) is 32.0 Å². The standard InChI is InChI=1S/C17H16O4/c1-10-4-5-11(2)13(8-10)6-7-14(18)16-15(19)9-12(3)21-17(16)20/h4-9,16H,1-3H3. The summed E-state index contributed by atoms with van der Waals surface area (Å²) in [6.45, 7) is 5.38. The molecule has 1 aliphatic rings. The average molecular weight is 284 g/mol. The minimum absolute atomic E-state index is 0.215. The molecule has 1 atom stereocenters. The SMILES string of the molecule is CC1=CC(=O)C(C(=O)C=Cc2cc(C)ccc2C)C(=O)O1. The molecule has 4 nitrogen and oxygen atoms in total. The number of ketones is 2. The van der Waals surface area contributed by atoms with Crippen molar-refractivity contribution in [2.75, 3.05) is 0 Å². The van der Waals surface area contributed by atoms with Crippen LogP contribution in [0.2, 0.25) is 0 Å². The molecule has 1 aromatic carbocycles. The molecule has 0 saturated carbocycles. The van der Waals surface area contributed by atoms with Crippen molar-refractivity contribution in [2.45, 2.75) is 20.8 Å². The summed E-state index contributed by atoms with van der Waals surface area (Å²) in [6.07, 6.45) is 4.06. The van der Waals surface area contributed by atoms with E-state index in [1.165, 1.54) is 19.1 Å². The third kappa shape index (κ3) is 3.34. The lowest BCUT2D eigenvalue weighted by Gasteiger charge is -2.15. The molecule has 0 radical (unpaired) electrons. The highest BCUT2D eigenvalue weighted by atomic mass is 16.5. The van der Waals surface area contributed by atoms with Crippen LogP contribution in [0.3, 0.4) is 0 Å². The molecule has 1 aliphatic heterocycles. The van der Waals surface area contributed by atoms with Crippen molar-refractivity contribution in [1.29, 1.82) is 0 Å². The summed E-state index contributed by atoms with van der Waals surface area (Å²) < 4.78 is 4.83. The highest BCUT2D eigenvalue weighted by Gasteiger charge is 2.36. The summed E-state index contributed by atoms with van der Waals surface area (Å²) in [4.78, 5) is 35.5. The first-order valence-corrected chi connectivity index (χ1v) is 6.61. The molecule has 2 rings (SSSR count). The van der Waals surface area contributed by atoms with Gasteiger partial charge < -0.3 is 4.74 Å². The van der Waals surface area contributed by atoms with E-state index in [4.69, 9.17) is 4.74 Å². The van der Waals surface area contributed by atoms with Crippen LogP contribution in [0.5, 0.6) is 0 Å². The molecule has 0 aliphatic carbocycles. The number of ether oxygens (including phenoxy) is 1. The minimum atomic E-state index is -1.38. The van der Waals surface area contributed by atoms with Gasteiger partial charge in [0, 0.05) is 6.08 Å². The van der Waals surface area contributed by atoms with Crippen molar-refractivity contribution in [2.24, 2.45) is 5.92 Å². The summed E-state index contributed by atoms with van der Waals surface area (Å²) in [5, 5.41) is 0. The van der Waals surface area contributed by atoms with Crippen LogP contribution in [-0.4, -0.2) is 17.5 Å². The van der Waals surface area contributed by atoms with Crippen LogP contribution in [0.1, 0.15) is 23.6 Å². The van der Waals surface area contributed by atoms with E-state index < -0.39 is 23.5 Å². The van der Waals surface area contributed by atoms with Crippen molar-refractivity contribution < 1.29 is 19.1 Å². The monoisotopic (exact) mass is 284 g/mol. The summed E-state index contributed by atoms with van der Waals surface area (Å²) in [5.74, 6) is -3.06. The second kappa shape index (κ2) is 5.87. The topological polar surface area (TPSA) is 60.4 Å². The van der Waals surface area contributed by atoms with Crippen molar-refractivity contribution in [3.8, 4) is 0 Å². The maximum atomic E-state index is 12.1. The van der Waals surface area contributed by atoms with Crippen LogP contribution >= 0.6 is 0 Å². The second-order valence-electron chi connectivity index (χ2n) is 5.11. The van der Waals surface area contributed by atoms with Gasteiger partial charge in [-0.2, -0.15) is 0 Å². The van der Waals surface area contributed by atoms with Crippen LogP contribution < -0.4 is 0 Å². The molecule has 0 spiro atoms. The molecular weight excluding hydrogens is 268 g/mol. The molecule has 0 fully saturated rings. The summed E-state index contributed by atoms with van der Waals surface area (Å²) in [7, 11) is 0. The van der Waals surface area contributed by atoms with Crippen LogP contribution in [0, 0.1) is 19.8 Å². The molecule has 0 saturated heterocycles. The zero-order valence-electron chi connectivity index (χ0n) is 12.2. The quantitative estimate of drug-likeness (QED) is 0.486. The number of rotatable bonds is 3. The Bertz CT molecular complexity index is 680. The van der Waals surface area contributed by atoms with Gasteiger partial charge in [0.1, 0.15) is 5.76 Å². The Hall–Kier alpha value is -2.49. The zero-order valence-corrected chi connectivity index (χ0v) is 12.2. The Labute approximate surface area is 123 Å². The molecule has 0 bridgehead atoms. The average Bonchev–Trinajstić information content (AvgIpc) is 2.38. The summed E-state index contributed by atoms with van der Waals surface area (Å²) in [5.41, 5.74) is 2.96. The predicted molar refractivity (Wildman–Crippen MR) is 78.3 cm³/mol. The van der Waals surface area contributed by atoms with Gasteiger partial charge in [-0.3, -0.25) is 14.4 Å². The maximum Gasteiger partial charge on any atom is 0.329 e. The number of esters is 1. The molecule has 1 unspecified atom stereocenters. The van der Waals surface area contributed by atoms with E-state index in [-0.39, 0.29) is 5.76 Å². The van der Waals surface area contributed by atoms with Crippen molar-refractivity contribution >= 4 is 23.6 Å². The summed E-state index contributed by atoms with van der Waals surface area (Å²) in [6, 6.07) is 5.86. The third-order valence-electron chi connectivity index (χ3n) is 3.27. The highest BCUT2D eigenvalue weighted by Crippen LogP contribution is 2.17. The molecule has 4 heteroatoms. The Kier molecular flexibility index (Phi) is 4.17. The largest absolute Gasteiger partial charge is 0.430 e. The lowest BCUT2D eigenvalue weighted by atomic mass is 9.95. The molecule has 1 aromatic rings. The molecule has 0 aromatic heterocycles. The predicted octanol–water partition coefficient (Wildman–Crippen LogP) is 2.53. The number of hydrogen-bond donors (Lipinski definition) is 0. The van der Waals surface area contributed by atoms with Crippen LogP contribution in [0.25, 0.3) is 6.08 Å². The lowest BCUT2D eigenvalue weighted by molar-refractivity contribution is -0.151. The van der Waals surface area contributed by atoms with Gasteiger partial charge >= 0.3 is 5.97 Å². The van der Waals surface area contributed by atoms with Crippen LogP contribution in [-0.2, 0) is 19.1 Å². The fourth-order valence-corrected chi connectivity index (χ4v) is 2.11. The first-order valence-electron chi connectivity index (χ1n) is 6.61.